The fourth-order valence-corrected chi connectivity index (χ4v) is 5.55. The predicted molar refractivity (Wildman–Crippen MR) is 102 cm³/mol. The average molecular weight is 440 g/mol. The number of likely N-dealkylation sites (tertiary alicyclic amines) is 1. The van der Waals surface area contributed by atoms with Crippen LogP contribution >= 0.6 is 27.5 Å². The Kier molecular flexibility index (Phi) is 4.39. The van der Waals surface area contributed by atoms with E-state index in [0.717, 1.165) is 29.3 Å². The quantitative estimate of drug-likeness (QED) is 0.729. The van der Waals surface area contributed by atoms with E-state index in [1.165, 1.54) is 4.90 Å². The number of imide groups is 1. The molecule has 1 aromatic carbocycles. The van der Waals surface area contributed by atoms with Gasteiger partial charge in [-0.05, 0) is 78.6 Å². The van der Waals surface area contributed by atoms with E-state index in [0.29, 0.717) is 22.5 Å². The molecule has 3 amide bonds. The Morgan fingerprint density at radius 2 is 1.81 bits per heavy atom. The summed E-state index contributed by atoms with van der Waals surface area (Å²) in [7, 11) is 0. The number of halogens is 2. The Morgan fingerprint density at radius 1 is 1.23 bits per heavy atom. The highest BCUT2D eigenvalue weighted by molar-refractivity contribution is 9.10. The molecule has 1 heterocycles. The Balaban J connectivity index is 1.54. The summed E-state index contributed by atoms with van der Waals surface area (Å²) in [5, 5.41) is 3.33. The molecule has 5 nitrogen and oxygen atoms in total. The van der Waals surface area contributed by atoms with Gasteiger partial charge in [0, 0.05) is 10.2 Å². The number of carbonyl (C=O) groups excluding carboxylic acids is 3. The van der Waals surface area contributed by atoms with Crippen LogP contribution in [0.1, 0.15) is 31.7 Å². The first-order valence-electron chi connectivity index (χ1n) is 8.93. The number of nitrogens with zero attached hydrogens (tertiary/aromatic N) is 1. The molecule has 26 heavy (non-hydrogen) atoms. The molecule has 0 spiro atoms. The molecular formula is C19H20BrClN2O3. The largest absolute Gasteiger partial charge is 0.324 e. The van der Waals surface area contributed by atoms with E-state index in [1.807, 2.05) is 6.92 Å². The third-order valence-electron chi connectivity index (χ3n) is 6.33. The van der Waals surface area contributed by atoms with E-state index in [2.05, 4.69) is 21.2 Å². The van der Waals surface area contributed by atoms with Gasteiger partial charge in [-0.2, -0.15) is 0 Å². The van der Waals surface area contributed by atoms with E-state index in [4.69, 9.17) is 11.6 Å². The summed E-state index contributed by atoms with van der Waals surface area (Å²) < 4.78 is 0.746. The number of hydrogen-bond acceptors (Lipinski definition) is 3. The molecule has 1 aliphatic heterocycles. The zero-order valence-corrected chi connectivity index (χ0v) is 16.9. The minimum Gasteiger partial charge on any atom is -0.324 e. The van der Waals surface area contributed by atoms with Crippen LogP contribution in [0.4, 0.5) is 5.69 Å². The number of hydrogen-bond donors (Lipinski definition) is 1. The van der Waals surface area contributed by atoms with Crippen molar-refractivity contribution < 1.29 is 14.4 Å². The van der Waals surface area contributed by atoms with E-state index in [1.54, 1.807) is 19.1 Å². The Labute approximate surface area is 165 Å². The zero-order chi connectivity index (χ0) is 18.7. The second kappa shape index (κ2) is 6.34. The molecule has 3 fully saturated rings. The van der Waals surface area contributed by atoms with Crippen molar-refractivity contribution in [3.63, 3.8) is 0 Å². The van der Waals surface area contributed by atoms with Crippen LogP contribution in [0.3, 0.4) is 0 Å². The summed E-state index contributed by atoms with van der Waals surface area (Å²) in [6, 6.07) is 2.67. The summed E-state index contributed by atoms with van der Waals surface area (Å²) in [5.41, 5.74) is 1.31. The molecule has 2 bridgehead atoms. The van der Waals surface area contributed by atoms with Gasteiger partial charge in [-0.3, -0.25) is 19.3 Å². The molecule has 7 heteroatoms. The maximum Gasteiger partial charge on any atom is 0.247 e. The molecule has 1 saturated heterocycles. The fourth-order valence-electron chi connectivity index (χ4n) is 4.96. The topological polar surface area (TPSA) is 66.5 Å². The van der Waals surface area contributed by atoms with Crippen molar-refractivity contribution in [3.05, 3.63) is 27.2 Å². The molecule has 0 aromatic heterocycles. The van der Waals surface area contributed by atoms with Crippen LogP contribution < -0.4 is 5.32 Å². The summed E-state index contributed by atoms with van der Waals surface area (Å²) in [6.45, 7) is 3.42. The van der Waals surface area contributed by atoms with Gasteiger partial charge in [-0.15, -0.1) is 0 Å². The van der Waals surface area contributed by atoms with Crippen LogP contribution in [0.25, 0.3) is 0 Å². The van der Waals surface area contributed by atoms with Crippen LogP contribution in [-0.4, -0.2) is 28.7 Å². The van der Waals surface area contributed by atoms with E-state index in [-0.39, 0.29) is 29.6 Å². The van der Waals surface area contributed by atoms with Crippen LogP contribution in [0, 0.1) is 30.6 Å². The number of anilines is 1. The van der Waals surface area contributed by atoms with Gasteiger partial charge >= 0.3 is 0 Å². The predicted octanol–water partition coefficient (Wildman–Crippen LogP) is 3.77. The molecule has 3 aliphatic rings. The summed E-state index contributed by atoms with van der Waals surface area (Å²) in [6.07, 6.45) is 3.03. The lowest BCUT2D eigenvalue weighted by atomic mass is 9.81. The highest BCUT2D eigenvalue weighted by atomic mass is 79.9. The van der Waals surface area contributed by atoms with Crippen molar-refractivity contribution in [2.75, 3.05) is 5.32 Å². The zero-order valence-electron chi connectivity index (χ0n) is 14.6. The van der Waals surface area contributed by atoms with Crippen molar-refractivity contribution >= 4 is 50.9 Å². The third-order valence-corrected chi connectivity index (χ3v) is 7.70. The third kappa shape index (κ3) is 2.53. The van der Waals surface area contributed by atoms with Crippen molar-refractivity contribution in [3.8, 4) is 0 Å². The minimum atomic E-state index is -0.832. The van der Waals surface area contributed by atoms with Gasteiger partial charge in [-0.1, -0.05) is 11.6 Å². The second-order valence-electron chi connectivity index (χ2n) is 7.63. The van der Waals surface area contributed by atoms with Crippen molar-refractivity contribution in [2.45, 2.75) is 39.2 Å². The lowest BCUT2D eigenvalue weighted by molar-refractivity contribution is -0.146. The number of amides is 3. The molecule has 2 aliphatic carbocycles. The highest BCUT2D eigenvalue weighted by Crippen LogP contribution is 2.56. The van der Waals surface area contributed by atoms with Crippen molar-refractivity contribution in [1.29, 1.82) is 0 Å². The van der Waals surface area contributed by atoms with Crippen LogP contribution in [0.15, 0.2) is 16.6 Å². The summed E-state index contributed by atoms with van der Waals surface area (Å²) in [5.74, 6) is -0.495. The summed E-state index contributed by atoms with van der Waals surface area (Å²) >= 11 is 9.55. The van der Waals surface area contributed by atoms with Gasteiger partial charge in [0.2, 0.25) is 17.7 Å². The molecule has 138 valence electrons. The molecular weight excluding hydrogens is 420 g/mol. The number of nitrogens with one attached hydrogen (secondary N) is 1. The fraction of sp³-hybridized carbons (Fsp3) is 0.526. The maximum atomic E-state index is 12.8. The van der Waals surface area contributed by atoms with Crippen LogP contribution in [0.2, 0.25) is 5.02 Å². The molecule has 4 rings (SSSR count). The first kappa shape index (κ1) is 18.0. The van der Waals surface area contributed by atoms with Gasteiger partial charge in [0.25, 0.3) is 0 Å². The first-order chi connectivity index (χ1) is 12.3. The molecule has 0 unspecified atom stereocenters. The Bertz CT molecular complexity index is 799. The molecule has 1 aromatic rings. The van der Waals surface area contributed by atoms with Crippen LogP contribution in [0.5, 0.6) is 0 Å². The lowest BCUT2D eigenvalue weighted by Crippen LogP contribution is -2.46. The Morgan fingerprint density at radius 3 is 2.38 bits per heavy atom. The van der Waals surface area contributed by atoms with E-state index >= 15 is 0 Å². The van der Waals surface area contributed by atoms with Gasteiger partial charge in [0.05, 0.1) is 16.9 Å². The molecule has 5 atom stereocenters. The highest BCUT2D eigenvalue weighted by Gasteiger charge is 2.62. The van der Waals surface area contributed by atoms with Gasteiger partial charge in [0.1, 0.15) is 6.04 Å². The number of carbonyl (C=O) groups is 3. The average Bonchev–Trinajstić information content (AvgIpc) is 3.29. The van der Waals surface area contributed by atoms with Gasteiger partial charge in [0.15, 0.2) is 0 Å². The second-order valence-corrected chi connectivity index (χ2v) is 8.86. The first-order valence-corrected chi connectivity index (χ1v) is 10.1. The lowest BCUT2D eigenvalue weighted by Gasteiger charge is -2.24. The minimum absolute atomic E-state index is 0.166. The maximum absolute atomic E-state index is 12.8. The number of benzene rings is 1. The Hall–Kier alpha value is -1.40. The van der Waals surface area contributed by atoms with Gasteiger partial charge < -0.3 is 5.32 Å². The number of rotatable bonds is 3. The van der Waals surface area contributed by atoms with Crippen LogP contribution in [-0.2, 0) is 14.4 Å². The van der Waals surface area contributed by atoms with Crippen molar-refractivity contribution in [2.24, 2.45) is 23.7 Å². The number of fused-ring (bicyclic) bond motifs is 5. The normalized spacial score (nSPS) is 30.7. The smallest absolute Gasteiger partial charge is 0.247 e. The monoisotopic (exact) mass is 438 g/mol. The SMILES string of the molecule is Cc1c(NC(=O)[C@@H](C)N2C(=O)[C@@H]3[C@@H]4CC[C@@H](C4)[C@@H]3C2=O)ccc(Br)c1Cl. The van der Waals surface area contributed by atoms with Gasteiger partial charge in [-0.25, -0.2) is 0 Å². The van der Waals surface area contributed by atoms with Crippen molar-refractivity contribution in [1.82, 2.24) is 4.90 Å². The van der Waals surface area contributed by atoms with E-state index < -0.39 is 6.04 Å². The standard InChI is InChI=1S/C19H20BrClN2O3/c1-8-13(6-5-12(20)16(8)21)22-17(24)9(2)23-18(25)14-10-3-4-11(7-10)15(14)19(23)26/h5-6,9-11,14-15H,3-4,7H2,1-2H3,(H,22,24)/t9-,10-,11+,14-,15+/m1/s1. The molecule has 0 radical (unpaired) electrons. The van der Waals surface area contributed by atoms with E-state index in [9.17, 15) is 14.4 Å². The summed E-state index contributed by atoms with van der Waals surface area (Å²) in [4.78, 5) is 39.6. The molecule has 2 saturated carbocycles. The molecule has 1 N–H and O–H groups in total.